The zero-order valence-electron chi connectivity index (χ0n) is 20.7. The van der Waals surface area contributed by atoms with Gasteiger partial charge in [-0.25, -0.2) is 0 Å². The Kier molecular flexibility index (Phi) is 7.99. The van der Waals surface area contributed by atoms with Gasteiger partial charge in [-0.1, -0.05) is 26.0 Å². The van der Waals surface area contributed by atoms with Gasteiger partial charge < -0.3 is 24.2 Å². The quantitative estimate of drug-likeness (QED) is 0.251. The average molecular weight is 468 g/mol. The highest BCUT2D eigenvalue weighted by Gasteiger charge is 2.46. The van der Waals surface area contributed by atoms with Gasteiger partial charge in [0.2, 0.25) is 0 Å². The number of aliphatic hydroxyl groups excluding tert-OH is 1. The standard InChI is InChI=1S/C27H33NO6/c1-16(2)20-15-21(17(3)14-22(20)34-6)25(29)23-24(18-8-10-19(33-5)11-9-18)28(12-7-13-32-4)27(31)26(23)30/h8-11,14-16,24,29H,7,12-13H2,1-6H3/b25-23+. The molecule has 2 aromatic carbocycles. The molecule has 1 saturated heterocycles. The Labute approximate surface area is 200 Å². The molecule has 7 heteroatoms. The van der Waals surface area contributed by atoms with Crippen LogP contribution in [0.15, 0.2) is 42.0 Å². The third-order valence-corrected chi connectivity index (χ3v) is 6.17. The van der Waals surface area contributed by atoms with E-state index in [4.69, 9.17) is 14.2 Å². The maximum Gasteiger partial charge on any atom is 0.295 e. The van der Waals surface area contributed by atoms with Gasteiger partial charge in [0, 0.05) is 25.8 Å². The highest BCUT2D eigenvalue weighted by Crippen LogP contribution is 2.41. The molecule has 7 nitrogen and oxygen atoms in total. The van der Waals surface area contributed by atoms with Crippen LogP contribution < -0.4 is 9.47 Å². The average Bonchev–Trinajstić information content (AvgIpc) is 3.08. The summed E-state index contributed by atoms with van der Waals surface area (Å²) in [5.74, 6) is 0.000556. The van der Waals surface area contributed by atoms with E-state index in [1.54, 1.807) is 33.5 Å². The van der Waals surface area contributed by atoms with Gasteiger partial charge >= 0.3 is 0 Å². The number of rotatable bonds is 9. The first-order valence-electron chi connectivity index (χ1n) is 11.3. The Morgan fingerprint density at radius 3 is 2.29 bits per heavy atom. The molecule has 0 bridgehead atoms. The molecule has 1 aliphatic heterocycles. The molecule has 1 unspecified atom stereocenters. The van der Waals surface area contributed by atoms with Crippen molar-refractivity contribution in [2.24, 2.45) is 0 Å². The number of ether oxygens (including phenoxy) is 3. The van der Waals surface area contributed by atoms with Crippen molar-refractivity contribution in [1.29, 1.82) is 0 Å². The largest absolute Gasteiger partial charge is 0.507 e. The molecule has 1 fully saturated rings. The summed E-state index contributed by atoms with van der Waals surface area (Å²) in [6.45, 7) is 6.68. The maximum absolute atomic E-state index is 13.2. The van der Waals surface area contributed by atoms with Crippen LogP contribution in [0, 0.1) is 6.92 Å². The monoisotopic (exact) mass is 467 g/mol. The zero-order valence-corrected chi connectivity index (χ0v) is 20.7. The van der Waals surface area contributed by atoms with Crippen LogP contribution in [-0.2, 0) is 14.3 Å². The van der Waals surface area contributed by atoms with Crippen molar-refractivity contribution in [2.75, 3.05) is 34.5 Å². The number of aryl methyl sites for hydroxylation is 1. The van der Waals surface area contributed by atoms with Crippen LogP contribution in [0.5, 0.6) is 11.5 Å². The lowest BCUT2D eigenvalue weighted by atomic mass is 9.91. The van der Waals surface area contributed by atoms with Crippen LogP contribution >= 0.6 is 0 Å². The van der Waals surface area contributed by atoms with Crippen molar-refractivity contribution in [2.45, 2.75) is 39.2 Å². The second kappa shape index (κ2) is 10.7. The molecule has 0 spiro atoms. The van der Waals surface area contributed by atoms with E-state index in [0.717, 1.165) is 16.9 Å². The first-order chi connectivity index (χ1) is 16.2. The molecule has 3 rings (SSSR count). The Hall–Kier alpha value is -3.32. The molecular weight excluding hydrogens is 434 g/mol. The minimum Gasteiger partial charge on any atom is -0.507 e. The summed E-state index contributed by atoms with van der Waals surface area (Å²) in [6, 6.07) is 10.2. The van der Waals surface area contributed by atoms with Crippen LogP contribution in [0.2, 0.25) is 0 Å². The van der Waals surface area contributed by atoms with Crippen molar-refractivity contribution in [3.63, 3.8) is 0 Å². The van der Waals surface area contributed by atoms with E-state index in [9.17, 15) is 14.7 Å². The number of Topliss-reactive ketones (excluding diaryl/α,β-unsaturated/α-hetero) is 1. The van der Waals surface area contributed by atoms with Crippen LogP contribution in [0.4, 0.5) is 0 Å². The van der Waals surface area contributed by atoms with Crippen LogP contribution in [-0.4, -0.2) is 56.2 Å². The van der Waals surface area contributed by atoms with Gasteiger partial charge in [-0.15, -0.1) is 0 Å². The summed E-state index contributed by atoms with van der Waals surface area (Å²) >= 11 is 0. The number of hydrogen-bond acceptors (Lipinski definition) is 6. The van der Waals surface area contributed by atoms with Gasteiger partial charge in [0.25, 0.3) is 11.7 Å². The van der Waals surface area contributed by atoms with Crippen molar-refractivity contribution < 1.29 is 28.9 Å². The molecule has 1 amide bonds. The van der Waals surface area contributed by atoms with Crippen LogP contribution in [0.3, 0.4) is 0 Å². The molecule has 0 saturated carbocycles. The number of carbonyl (C=O) groups excluding carboxylic acids is 2. The van der Waals surface area contributed by atoms with Crippen molar-refractivity contribution in [1.82, 2.24) is 4.90 Å². The normalized spacial score (nSPS) is 17.5. The second-order valence-electron chi connectivity index (χ2n) is 8.68. The van der Waals surface area contributed by atoms with Crippen molar-refractivity contribution in [3.05, 3.63) is 64.2 Å². The molecule has 1 atom stereocenters. The highest BCUT2D eigenvalue weighted by atomic mass is 16.5. The lowest BCUT2D eigenvalue weighted by Gasteiger charge is -2.25. The van der Waals surface area contributed by atoms with Crippen LogP contribution in [0.25, 0.3) is 5.76 Å². The fraction of sp³-hybridized carbons (Fsp3) is 0.407. The lowest BCUT2D eigenvalue weighted by molar-refractivity contribution is -0.140. The Morgan fingerprint density at radius 1 is 1.06 bits per heavy atom. The summed E-state index contributed by atoms with van der Waals surface area (Å²) in [6.07, 6.45) is 0.565. The fourth-order valence-electron chi connectivity index (χ4n) is 4.35. The topological polar surface area (TPSA) is 85.3 Å². The van der Waals surface area contributed by atoms with E-state index >= 15 is 0 Å². The van der Waals surface area contributed by atoms with E-state index in [0.29, 0.717) is 36.4 Å². The third-order valence-electron chi connectivity index (χ3n) is 6.17. The van der Waals surface area contributed by atoms with Gasteiger partial charge in [0.15, 0.2) is 0 Å². The van der Waals surface area contributed by atoms with Gasteiger partial charge in [-0.05, 0) is 60.2 Å². The second-order valence-corrected chi connectivity index (χ2v) is 8.68. The number of amides is 1. The highest BCUT2D eigenvalue weighted by molar-refractivity contribution is 6.46. The molecule has 1 aliphatic rings. The molecule has 182 valence electrons. The molecule has 2 aromatic rings. The molecule has 1 heterocycles. The fourth-order valence-corrected chi connectivity index (χ4v) is 4.35. The van der Waals surface area contributed by atoms with E-state index in [2.05, 4.69) is 0 Å². The lowest BCUT2D eigenvalue weighted by Crippen LogP contribution is -2.31. The Bertz CT molecular complexity index is 1090. The summed E-state index contributed by atoms with van der Waals surface area (Å²) in [4.78, 5) is 27.8. The molecular formula is C27H33NO6. The number of nitrogens with zero attached hydrogens (tertiary/aromatic N) is 1. The number of likely N-dealkylation sites (tertiary alicyclic amines) is 1. The van der Waals surface area contributed by atoms with E-state index in [1.807, 2.05) is 45.0 Å². The smallest absolute Gasteiger partial charge is 0.295 e. The van der Waals surface area contributed by atoms with Crippen molar-refractivity contribution in [3.8, 4) is 11.5 Å². The number of aliphatic hydroxyl groups is 1. The molecule has 0 aliphatic carbocycles. The Morgan fingerprint density at radius 2 is 1.74 bits per heavy atom. The summed E-state index contributed by atoms with van der Waals surface area (Å²) in [5.41, 5.74) is 2.96. The first kappa shape index (κ1) is 25.3. The number of methoxy groups -OCH3 is 3. The number of ketones is 1. The minimum absolute atomic E-state index is 0.0792. The molecule has 0 aromatic heterocycles. The number of hydrogen-bond donors (Lipinski definition) is 1. The Balaban J connectivity index is 2.20. The SMILES string of the molecule is COCCCN1C(=O)C(=O)/C(=C(/O)c2cc(C(C)C)c(OC)cc2C)C1c1ccc(OC)cc1. The maximum atomic E-state index is 13.2. The van der Waals surface area contributed by atoms with E-state index in [1.165, 1.54) is 4.90 Å². The van der Waals surface area contributed by atoms with Crippen LogP contribution in [0.1, 0.15) is 54.5 Å². The molecule has 34 heavy (non-hydrogen) atoms. The van der Waals surface area contributed by atoms with Gasteiger partial charge in [-0.2, -0.15) is 0 Å². The predicted molar refractivity (Wildman–Crippen MR) is 130 cm³/mol. The van der Waals surface area contributed by atoms with E-state index < -0.39 is 17.7 Å². The molecule has 1 N–H and O–H groups in total. The number of benzene rings is 2. The summed E-state index contributed by atoms with van der Waals surface area (Å²) in [5, 5.41) is 11.5. The van der Waals surface area contributed by atoms with Crippen molar-refractivity contribution >= 4 is 17.4 Å². The summed E-state index contributed by atoms with van der Waals surface area (Å²) < 4.78 is 15.9. The summed E-state index contributed by atoms with van der Waals surface area (Å²) in [7, 11) is 4.77. The zero-order chi connectivity index (χ0) is 25.0. The van der Waals surface area contributed by atoms with E-state index in [-0.39, 0.29) is 17.3 Å². The minimum atomic E-state index is -0.716. The number of carbonyl (C=O) groups is 2. The van der Waals surface area contributed by atoms with Gasteiger partial charge in [0.05, 0.1) is 25.8 Å². The predicted octanol–water partition coefficient (Wildman–Crippen LogP) is 4.59. The van der Waals surface area contributed by atoms with Gasteiger partial charge in [0.1, 0.15) is 17.3 Å². The van der Waals surface area contributed by atoms with Gasteiger partial charge in [-0.3, -0.25) is 9.59 Å². The molecule has 0 radical (unpaired) electrons. The third kappa shape index (κ3) is 4.80. The first-order valence-corrected chi connectivity index (χ1v) is 11.3.